The third-order valence-corrected chi connectivity index (χ3v) is 4.29. The number of hydrogen-bond donors (Lipinski definition) is 1. The minimum atomic E-state index is -0.0288. The molecule has 20 heavy (non-hydrogen) atoms. The van der Waals surface area contributed by atoms with Crippen LogP contribution in [0.5, 0.6) is 0 Å². The Bertz CT molecular complexity index is 472. The fraction of sp³-hybridized carbons (Fsp3) is 0.600. The van der Waals surface area contributed by atoms with E-state index in [2.05, 4.69) is 49.7 Å². The molecular formula is C15H20BrN3O. The molecular weight excluding hydrogens is 318 g/mol. The van der Waals surface area contributed by atoms with Crippen molar-refractivity contribution in [3.05, 3.63) is 16.9 Å². The molecule has 2 rings (SSSR count). The van der Waals surface area contributed by atoms with Gasteiger partial charge in [0, 0.05) is 31.9 Å². The summed E-state index contributed by atoms with van der Waals surface area (Å²) < 4.78 is 0.904. The molecule has 0 unspecified atom stereocenters. The molecule has 5 heteroatoms. The van der Waals surface area contributed by atoms with Crippen molar-refractivity contribution in [2.75, 3.05) is 18.6 Å². The average Bonchev–Trinajstić information content (AvgIpc) is 2.48. The van der Waals surface area contributed by atoms with Crippen molar-refractivity contribution < 1.29 is 5.11 Å². The molecule has 0 aromatic carbocycles. The van der Waals surface area contributed by atoms with Crippen LogP contribution in [0.4, 0.5) is 5.95 Å². The van der Waals surface area contributed by atoms with Crippen LogP contribution in [0.25, 0.3) is 0 Å². The summed E-state index contributed by atoms with van der Waals surface area (Å²) in [6.45, 7) is -0.0288. The van der Waals surface area contributed by atoms with Crippen LogP contribution in [0, 0.1) is 17.8 Å². The van der Waals surface area contributed by atoms with E-state index in [-0.39, 0.29) is 6.61 Å². The molecule has 0 bridgehead atoms. The van der Waals surface area contributed by atoms with Crippen LogP contribution < -0.4 is 4.90 Å². The summed E-state index contributed by atoms with van der Waals surface area (Å²) in [7, 11) is 2.07. The Kier molecular flexibility index (Phi) is 5.81. The lowest BCUT2D eigenvalue weighted by atomic mass is 9.84. The quantitative estimate of drug-likeness (QED) is 0.861. The van der Waals surface area contributed by atoms with Crippen molar-refractivity contribution in [2.24, 2.45) is 5.92 Å². The number of anilines is 1. The predicted molar refractivity (Wildman–Crippen MR) is 83.4 cm³/mol. The van der Waals surface area contributed by atoms with Gasteiger partial charge in [0.2, 0.25) is 5.95 Å². The standard InChI is InChI=1S/C15H20BrN3O/c1-19(15-17-10-13(16)11-18-15)14-7-5-12(6-8-14)4-2-3-9-20/h10-12,14,20H,4-9H2,1H3/t12-,14-. The zero-order valence-corrected chi connectivity index (χ0v) is 13.3. The van der Waals surface area contributed by atoms with Gasteiger partial charge in [-0.3, -0.25) is 0 Å². The smallest absolute Gasteiger partial charge is 0.225 e. The fourth-order valence-electron chi connectivity index (χ4n) is 2.66. The number of nitrogens with zero attached hydrogens (tertiary/aromatic N) is 3. The van der Waals surface area contributed by atoms with Crippen molar-refractivity contribution in [3.63, 3.8) is 0 Å². The van der Waals surface area contributed by atoms with E-state index < -0.39 is 0 Å². The summed E-state index contributed by atoms with van der Waals surface area (Å²) in [6.07, 6.45) is 9.16. The molecule has 1 saturated carbocycles. The summed E-state index contributed by atoms with van der Waals surface area (Å²) in [6, 6.07) is 0.512. The molecule has 0 aliphatic heterocycles. The number of halogens is 1. The first-order chi connectivity index (χ1) is 9.70. The van der Waals surface area contributed by atoms with Crippen LogP contribution in [0.1, 0.15) is 32.1 Å². The van der Waals surface area contributed by atoms with Gasteiger partial charge >= 0.3 is 0 Å². The zero-order valence-electron chi connectivity index (χ0n) is 11.7. The van der Waals surface area contributed by atoms with Gasteiger partial charge in [-0.15, -0.1) is 5.92 Å². The summed E-state index contributed by atoms with van der Waals surface area (Å²) in [5.41, 5.74) is 0. The van der Waals surface area contributed by atoms with E-state index in [4.69, 9.17) is 5.11 Å². The number of aliphatic hydroxyl groups is 1. The van der Waals surface area contributed by atoms with E-state index >= 15 is 0 Å². The van der Waals surface area contributed by atoms with Crippen molar-refractivity contribution in [2.45, 2.75) is 38.1 Å². The van der Waals surface area contributed by atoms with E-state index in [1.54, 1.807) is 12.4 Å². The Morgan fingerprint density at radius 1 is 1.25 bits per heavy atom. The highest BCUT2D eigenvalue weighted by Crippen LogP contribution is 2.30. The van der Waals surface area contributed by atoms with Gasteiger partial charge in [0.25, 0.3) is 0 Å². The van der Waals surface area contributed by atoms with Crippen molar-refractivity contribution in [1.82, 2.24) is 9.97 Å². The molecule has 1 fully saturated rings. The first kappa shape index (κ1) is 15.3. The molecule has 4 nitrogen and oxygen atoms in total. The summed E-state index contributed by atoms with van der Waals surface area (Å²) >= 11 is 3.35. The fourth-order valence-corrected chi connectivity index (χ4v) is 2.86. The van der Waals surface area contributed by atoms with Crippen molar-refractivity contribution in [1.29, 1.82) is 0 Å². The molecule has 1 heterocycles. The largest absolute Gasteiger partial charge is 0.384 e. The van der Waals surface area contributed by atoms with Crippen LogP contribution in [0.15, 0.2) is 16.9 Å². The van der Waals surface area contributed by atoms with Gasteiger partial charge < -0.3 is 10.0 Å². The minimum absolute atomic E-state index is 0.0288. The highest BCUT2D eigenvalue weighted by molar-refractivity contribution is 9.10. The van der Waals surface area contributed by atoms with Crippen LogP contribution in [-0.2, 0) is 0 Å². The first-order valence-corrected chi connectivity index (χ1v) is 7.77. The Balaban J connectivity index is 1.85. The third kappa shape index (κ3) is 4.19. The second-order valence-electron chi connectivity index (χ2n) is 5.20. The van der Waals surface area contributed by atoms with Crippen LogP contribution in [-0.4, -0.2) is 34.8 Å². The highest BCUT2D eigenvalue weighted by atomic mass is 79.9. The minimum Gasteiger partial charge on any atom is -0.384 e. The maximum Gasteiger partial charge on any atom is 0.225 e. The Hall–Kier alpha value is -1.12. The second kappa shape index (κ2) is 7.61. The highest BCUT2D eigenvalue weighted by Gasteiger charge is 2.24. The predicted octanol–water partition coefficient (Wildman–Crippen LogP) is 2.62. The van der Waals surface area contributed by atoms with E-state index in [1.165, 1.54) is 12.8 Å². The van der Waals surface area contributed by atoms with E-state index in [1.807, 2.05) is 0 Å². The van der Waals surface area contributed by atoms with E-state index in [0.717, 1.165) is 29.7 Å². The molecule has 0 amide bonds. The zero-order chi connectivity index (χ0) is 14.4. The third-order valence-electron chi connectivity index (χ3n) is 3.88. The first-order valence-electron chi connectivity index (χ1n) is 6.97. The number of aliphatic hydroxyl groups excluding tert-OH is 1. The maximum atomic E-state index is 8.66. The lowest BCUT2D eigenvalue weighted by molar-refractivity contribution is 0.323. The van der Waals surface area contributed by atoms with Gasteiger partial charge in [-0.25, -0.2) is 9.97 Å². The summed E-state index contributed by atoms with van der Waals surface area (Å²) in [5, 5.41) is 8.66. The van der Waals surface area contributed by atoms with Crippen molar-refractivity contribution >= 4 is 21.9 Å². The molecule has 1 aliphatic carbocycles. The monoisotopic (exact) mass is 337 g/mol. The SMILES string of the molecule is CN(c1ncc(Br)cn1)[C@H]1CC[C@H](CC#CCO)CC1. The van der Waals surface area contributed by atoms with Gasteiger partial charge in [-0.1, -0.05) is 5.92 Å². The Morgan fingerprint density at radius 3 is 2.50 bits per heavy atom. The molecule has 1 aromatic rings. The normalized spacial score (nSPS) is 21.9. The molecule has 0 atom stereocenters. The Labute approximate surface area is 128 Å². The molecule has 0 radical (unpaired) electrons. The van der Waals surface area contributed by atoms with Crippen LogP contribution in [0.3, 0.4) is 0 Å². The Morgan fingerprint density at radius 2 is 1.90 bits per heavy atom. The number of hydrogen-bond acceptors (Lipinski definition) is 4. The van der Waals surface area contributed by atoms with Gasteiger partial charge in [-0.2, -0.15) is 0 Å². The van der Waals surface area contributed by atoms with Crippen LogP contribution >= 0.6 is 15.9 Å². The van der Waals surface area contributed by atoms with Gasteiger partial charge in [0.15, 0.2) is 0 Å². The average molecular weight is 338 g/mol. The molecule has 1 N–H and O–H groups in total. The molecule has 0 spiro atoms. The van der Waals surface area contributed by atoms with Gasteiger partial charge in [0.05, 0.1) is 4.47 Å². The molecule has 0 saturated heterocycles. The molecule has 108 valence electrons. The summed E-state index contributed by atoms with van der Waals surface area (Å²) in [4.78, 5) is 10.9. The summed E-state index contributed by atoms with van der Waals surface area (Å²) in [5.74, 6) is 7.23. The van der Waals surface area contributed by atoms with E-state index in [9.17, 15) is 0 Å². The van der Waals surface area contributed by atoms with Gasteiger partial charge in [-0.05, 0) is 47.5 Å². The lowest BCUT2D eigenvalue weighted by Crippen LogP contribution is -2.36. The molecule has 1 aliphatic rings. The van der Waals surface area contributed by atoms with Crippen LogP contribution in [0.2, 0.25) is 0 Å². The number of aromatic nitrogens is 2. The number of rotatable bonds is 3. The second-order valence-corrected chi connectivity index (χ2v) is 6.12. The topological polar surface area (TPSA) is 49.2 Å². The lowest BCUT2D eigenvalue weighted by Gasteiger charge is -2.34. The van der Waals surface area contributed by atoms with E-state index in [0.29, 0.717) is 12.0 Å². The maximum absolute atomic E-state index is 8.66. The molecule has 1 aromatic heterocycles. The van der Waals surface area contributed by atoms with Gasteiger partial charge in [0.1, 0.15) is 6.61 Å². The van der Waals surface area contributed by atoms with Crippen molar-refractivity contribution in [3.8, 4) is 11.8 Å².